The van der Waals surface area contributed by atoms with Gasteiger partial charge in [0.2, 0.25) is 0 Å². The minimum Gasteiger partial charge on any atom is -0.287 e. The number of benzene rings is 1. The van der Waals surface area contributed by atoms with Crippen molar-refractivity contribution in [1.82, 2.24) is 29.5 Å². The third-order valence-corrected chi connectivity index (χ3v) is 4.02. The number of fused-ring (bicyclic) bond motifs is 1. The Kier molecular flexibility index (Phi) is 4.43. The van der Waals surface area contributed by atoms with Crippen molar-refractivity contribution in [3.05, 3.63) is 90.4 Å². The highest BCUT2D eigenvalue weighted by Gasteiger charge is 2.13. The van der Waals surface area contributed by atoms with E-state index < -0.39 is 0 Å². The molecule has 4 rings (SSSR count). The first-order valence-electron chi connectivity index (χ1n) is 8.18. The zero-order chi connectivity index (χ0) is 16.9. The Morgan fingerprint density at radius 3 is 2.56 bits per heavy atom. The van der Waals surface area contributed by atoms with Crippen molar-refractivity contribution >= 4 is 5.65 Å². The van der Waals surface area contributed by atoms with Crippen molar-refractivity contribution in [1.29, 1.82) is 0 Å². The maximum Gasteiger partial charge on any atom is 0.183 e. The van der Waals surface area contributed by atoms with Gasteiger partial charge in [0.15, 0.2) is 5.65 Å². The van der Waals surface area contributed by atoms with Gasteiger partial charge in [0.05, 0.1) is 11.4 Å². The number of aromatic nitrogens is 5. The van der Waals surface area contributed by atoms with Crippen LogP contribution in [-0.4, -0.2) is 29.5 Å². The molecule has 0 saturated heterocycles. The van der Waals surface area contributed by atoms with Gasteiger partial charge in [-0.25, -0.2) is 0 Å². The molecule has 3 heterocycles. The van der Waals surface area contributed by atoms with E-state index in [1.807, 2.05) is 41.1 Å². The molecule has 124 valence electrons. The Bertz CT molecular complexity index is 894. The molecule has 0 fully saturated rings. The molecular weight excluding hydrogens is 312 g/mol. The zero-order valence-corrected chi connectivity index (χ0v) is 13.7. The Hall–Kier alpha value is -3.12. The lowest BCUT2D eigenvalue weighted by Crippen LogP contribution is -2.24. The van der Waals surface area contributed by atoms with Crippen LogP contribution >= 0.6 is 0 Å². The van der Waals surface area contributed by atoms with Crippen LogP contribution in [-0.2, 0) is 19.6 Å². The second kappa shape index (κ2) is 7.19. The van der Waals surface area contributed by atoms with Gasteiger partial charge < -0.3 is 0 Å². The fourth-order valence-corrected chi connectivity index (χ4v) is 2.86. The zero-order valence-electron chi connectivity index (χ0n) is 13.7. The molecule has 0 saturated carbocycles. The van der Waals surface area contributed by atoms with E-state index in [0.717, 1.165) is 30.1 Å². The minimum absolute atomic E-state index is 0.675. The predicted octanol–water partition coefficient (Wildman–Crippen LogP) is 2.72. The van der Waals surface area contributed by atoms with E-state index in [0.29, 0.717) is 6.54 Å². The summed E-state index contributed by atoms with van der Waals surface area (Å²) in [4.78, 5) is 11.3. The van der Waals surface area contributed by atoms with Crippen molar-refractivity contribution in [2.24, 2.45) is 0 Å². The van der Waals surface area contributed by atoms with Crippen molar-refractivity contribution in [2.75, 3.05) is 0 Å². The maximum atomic E-state index is 4.52. The van der Waals surface area contributed by atoms with E-state index in [1.54, 1.807) is 12.5 Å². The molecule has 0 aliphatic heterocycles. The SMILES string of the molecule is c1ccc(CN(Cc2ccccn2)Cc2nccn3cnnc23)cc1. The topological polar surface area (TPSA) is 59.2 Å². The lowest BCUT2D eigenvalue weighted by atomic mass is 10.2. The van der Waals surface area contributed by atoms with E-state index >= 15 is 0 Å². The summed E-state index contributed by atoms with van der Waals surface area (Å²) in [5.74, 6) is 0. The molecule has 0 unspecified atom stereocenters. The van der Waals surface area contributed by atoms with Crippen molar-refractivity contribution in [3.63, 3.8) is 0 Å². The van der Waals surface area contributed by atoms with Crippen LogP contribution in [0.4, 0.5) is 0 Å². The van der Waals surface area contributed by atoms with Crippen molar-refractivity contribution in [2.45, 2.75) is 19.6 Å². The molecule has 6 heteroatoms. The second-order valence-corrected chi connectivity index (χ2v) is 5.89. The third kappa shape index (κ3) is 3.70. The Morgan fingerprint density at radius 1 is 0.840 bits per heavy atom. The smallest absolute Gasteiger partial charge is 0.183 e. The van der Waals surface area contributed by atoms with E-state index in [2.05, 4.69) is 49.3 Å². The van der Waals surface area contributed by atoms with Crippen LogP contribution in [0.2, 0.25) is 0 Å². The number of hydrogen-bond donors (Lipinski definition) is 0. The lowest BCUT2D eigenvalue weighted by molar-refractivity contribution is 0.242. The number of pyridine rings is 1. The molecule has 0 radical (unpaired) electrons. The summed E-state index contributed by atoms with van der Waals surface area (Å²) in [6, 6.07) is 16.4. The van der Waals surface area contributed by atoms with Crippen LogP contribution in [0.1, 0.15) is 17.0 Å². The quantitative estimate of drug-likeness (QED) is 0.544. The van der Waals surface area contributed by atoms with Crippen LogP contribution in [0.15, 0.2) is 73.4 Å². The molecule has 4 aromatic rings. The van der Waals surface area contributed by atoms with Crippen LogP contribution < -0.4 is 0 Å². The van der Waals surface area contributed by atoms with Gasteiger partial charge in [-0.3, -0.25) is 19.3 Å². The second-order valence-electron chi connectivity index (χ2n) is 5.89. The molecule has 6 nitrogen and oxygen atoms in total. The average molecular weight is 330 g/mol. The summed E-state index contributed by atoms with van der Waals surface area (Å²) in [5, 5.41) is 8.17. The Labute approximate surface area is 145 Å². The highest BCUT2D eigenvalue weighted by Crippen LogP contribution is 2.14. The lowest BCUT2D eigenvalue weighted by Gasteiger charge is -2.22. The first kappa shape index (κ1) is 15.4. The average Bonchev–Trinajstić information content (AvgIpc) is 3.13. The summed E-state index contributed by atoms with van der Waals surface area (Å²) in [6.07, 6.45) is 7.17. The Balaban J connectivity index is 1.61. The molecule has 0 aliphatic carbocycles. The summed E-state index contributed by atoms with van der Waals surface area (Å²) < 4.78 is 1.89. The fourth-order valence-electron chi connectivity index (χ4n) is 2.86. The molecule has 0 aliphatic rings. The summed E-state index contributed by atoms with van der Waals surface area (Å²) >= 11 is 0. The summed E-state index contributed by atoms with van der Waals surface area (Å²) in [6.45, 7) is 2.23. The maximum absolute atomic E-state index is 4.52. The van der Waals surface area contributed by atoms with E-state index in [4.69, 9.17) is 0 Å². The first-order valence-corrected chi connectivity index (χ1v) is 8.18. The predicted molar refractivity (Wildman–Crippen MR) is 94.4 cm³/mol. The van der Waals surface area contributed by atoms with Gasteiger partial charge in [-0.15, -0.1) is 10.2 Å². The largest absolute Gasteiger partial charge is 0.287 e. The van der Waals surface area contributed by atoms with E-state index in [9.17, 15) is 0 Å². The van der Waals surface area contributed by atoms with Gasteiger partial charge in [-0.2, -0.15) is 0 Å². The Morgan fingerprint density at radius 2 is 1.72 bits per heavy atom. The van der Waals surface area contributed by atoms with Gasteiger partial charge in [0.1, 0.15) is 6.33 Å². The summed E-state index contributed by atoms with van der Waals surface area (Å²) in [5.41, 5.74) is 3.99. The molecule has 0 N–H and O–H groups in total. The fraction of sp³-hybridized carbons (Fsp3) is 0.158. The minimum atomic E-state index is 0.675. The summed E-state index contributed by atoms with van der Waals surface area (Å²) in [7, 11) is 0. The molecule has 0 atom stereocenters. The van der Waals surface area contributed by atoms with Crippen molar-refractivity contribution < 1.29 is 0 Å². The third-order valence-electron chi connectivity index (χ3n) is 4.02. The highest BCUT2D eigenvalue weighted by molar-refractivity contribution is 5.41. The van der Waals surface area contributed by atoms with Gasteiger partial charge in [0, 0.05) is 38.2 Å². The van der Waals surface area contributed by atoms with Crippen LogP contribution in [0, 0.1) is 0 Å². The monoisotopic (exact) mass is 330 g/mol. The van der Waals surface area contributed by atoms with Crippen molar-refractivity contribution in [3.8, 4) is 0 Å². The van der Waals surface area contributed by atoms with E-state index in [-0.39, 0.29) is 0 Å². The van der Waals surface area contributed by atoms with Crippen LogP contribution in [0.25, 0.3) is 5.65 Å². The van der Waals surface area contributed by atoms with E-state index in [1.165, 1.54) is 5.56 Å². The normalized spacial score (nSPS) is 11.2. The molecule has 0 spiro atoms. The van der Waals surface area contributed by atoms with Gasteiger partial charge in [-0.05, 0) is 17.7 Å². The highest BCUT2D eigenvalue weighted by atomic mass is 15.2. The standard InChI is InChI=1S/C19H18N6/c1-2-6-16(7-3-1)12-24(13-17-8-4-5-9-20-17)14-18-19-23-22-15-25(19)11-10-21-18/h1-11,15H,12-14H2. The number of rotatable bonds is 6. The first-order chi connectivity index (χ1) is 12.4. The molecular formula is C19H18N6. The molecule has 0 bridgehead atoms. The number of nitrogens with zero attached hydrogens (tertiary/aromatic N) is 6. The molecule has 0 amide bonds. The molecule has 1 aromatic carbocycles. The van der Waals surface area contributed by atoms with Gasteiger partial charge in [0.25, 0.3) is 0 Å². The molecule has 3 aromatic heterocycles. The van der Waals surface area contributed by atoms with Gasteiger partial charge >= 0.3 is 0 Å². The number of hydrogen-bond acceptors (Lipinski definition) is 5. The van der Waals surface area contributed by atoms with Crippen LogP contribution in [0.5, 0.6) is 0 Å². The molecule has 25 heavy (non-hydrogen) atoms. The van der Waals surface area contributed by atoms with Crippen LogP contribution in [0.3, 0.4) is 0 Å². The van der Waals surface area contributed by atoms with Gasteiger partial charge in [-0.1, -0.05) is 36.4 Å².